The predicted octanol–water partition coefficient (Wildman–Crippen LogP) is 2.64. The first-order chi connectivity index (χ1) is 10.4. The third-order valence-electron chi connectivity index (χ3n) is 3.26. The molecule has 0 radical (unpaired) electrons. The number of hydrogen-bond donors (Lipinski definition) is 0. The van der Waals surface area contributed by atoms with Crippen molar-refractivity contribution in [1.29, 1.82) is 0 Å². The van der Waals surface area contributed by atoms with E-state index in [1.165, 1.54) is 6.39 Å². The van der Waals surface area contributed by atoms with Gasteiger partial charge in [-0.15, -0.1) is 0 Å². The van der Waals surface area contributed by atoms with Crippen LogP contribution in [-0.4, -0.2) is 21.7 Å². The van der Waals surface area contributed by atoms with Crippen molar-refractivity contribution in [3.05, 3.63) is 54.6 Å². The van der Waals surface area contributed by atoms with E-state index < -0.39 is 0 Å². The van der Waals surface area contributed by atoms with Crippen LogP contribution in [0, 0.1) is 0 Å². The van der Waals surface area contributed by atoms with Crippen molar-refractivity contribution >= 4 is 0 Å². The fraction of sp³-hybridized carbons (Fsp3) is 0.133. The van der Waals surface area contributed by atoms with Crippen molar-refractivity contribution in [2.45, 2.75) is 6.10 Å². The van der Waals surface area contributed by atoms with Gasteiger partial charge in [0.15, 0.2) is 11.9 Å². The minimum absolute atomic E-state index is 0.209. The summed E-state index contributed by atoms with van der Waals surface area (Å²) >= 11 is 0. The number of benzene rings is 1. The van der Waals surface area contributed by atoms with E-state index in [0.29, 0.717) is 24.1 Å². The van der Waals surface area contributed by atoms with E-state index in [1.807, 2.05) is 36.4 Å². The zero-order valence-corrected chi connectivity index (χ0v) is 11.0. The lowest BCUT2D eigenvalue weighted by Gasteiger charge is -2.25. The topological polar surface area (TPSA) is 70.3 Å². The molecule has 6 heteroatoms. The SMILES string of the molecule is c1cc(-c2ncon2)cc([C@@H]2COc3cccnc3O2)c1. The van der Waals surface area contributed by atoms with Crippen molar-refractivity contribution in [3.8, 4) is 23.0 Å². The van der Waals surface area contributed by atoms with E-state index in [1.54, 1.807) is 6.20 Å². The summed E-state index contributed by atoms with van der Waals surface area (Å²) < 4.78 is 16.3. The second kappa shape index (κ2) is 4.90. The molecule has 4 rings (SSSR count). The van der Waals surface area contributed by atoms with Crippen molar-refractivity contribution < 1.29 is 14.0 Å². The lowest BCUT2D eigenvalue weighted by molar-refractivity contribution is 0.0851. The highest BCUT2D eigenvalue weighted by atomic mass is 16.6. The van der Waals surface area contributed by atoms with Gasteiger partial charge < -0.3 is 14.0 Å². The molecule has 0 bridgehead atoms. The van der Waals surface area contributed by atoms with Gasteiger partial charge in [-0.3, -0.25) is 0 Å². The zero-order valence-electron chi connectivity index (χ0n) is 11.0. The average molecular weight is 281 g/mol. The van der Waals surface area contributed by atoms with Gasteiger partial charge in [-0.2, -0.15) is 4.98 Å². The first-order valence-corrected chi connectivity index (χ1v) is 6.51. The minimum atomic E-state index is -0.209. The van der Waals surface area contributed by atoms with Crippen molar-refractivity contribution in [3.63, 3.8) is 0 Å². The van der Waals surface area contributed by atoms with E-state index in [-0.39, 0.29) is 6.10 Å². The third-order valence-corrected chi connectivity index (χ3v) is 3.26. The molecule has 0 N–H and O–H groups in total. The number of aromatic nitrogens is 3. The lowest BCUT2D eigenvalue weighted by atomic mass is 10.1. The monoisotopic (exact) mass is 281 g/mol. The van der Waals surface area contributed by atoms with Gasteiger partial charge in [0.2, 0.25) is 12.2 Å². The Hall–Kier alpha value is -2.89. The maximum atomic E-state index is 5.89. The van der Waals surface area contributed by atoms with Crippen molar-refractivity contribution in [1.82, 2.24) is 15.1 Å². The molecule has 21 heavy (non-hydrogen) atoms. The number of rotatable bonds is 2. The summed E-state index contributed by atoms with van der Waals surface area (Å²) in [4.78, 5) is 8.23. The van der Waals surface area contributed by atoms with Gasteiger partial charge in [0.25, 0.3) is 5.88 Å². The fourth-order valence-corrected chi connectivity index (χ4v) is 2.25. The molecular weight excluding hydrogens is 270 g/mol. The van der Waals surface area contributed by atoms with Crippen LogP contribution >= 0.6 is 0 Å². The summed E-state index contributed by atoms with van der Waals surface area (Å²) in [7, 11) is 0. The van der Waals surface area contributed by atoms with Gasteiger partial charge in [-0.25, -0.2) is 4.98 Å². The van der Waals surface area contributed by atoms with Gasteiger partial charge in [0.1, 0.15) is 6.61 Å². The van der Waals surface area contributed by atoms with Crippen LogP contribution in [0.1, 0.15) is 11.7 Å². The third kappa shape index (κ3) is 2.20. The first-order valence-electron chi connectivity index (χ1n) is 6.51. The molecule has 1 aliphatic rings. The Morgan fingerprint density at radius 3 is 3.00 bits per heavy atom. The molecule has 1 aromatic carbocycles. The fourth-order valence-electron chi connectivity index (χ4n) is 2.25. The standard InChI is InChI=1S/C15H11N3O3/c1-3-10(7-11(4-1)14-17-9-20-18-14)13-8-19-12-5-2-6-16-15(12)21-13/h1-7,9,13H,8H2/t13-/m0/s1. The molecule has 0 aliphatic carbocycles. The highest BCUT2D eigenvalue weighted by molar-refractivity contribution is 5.55. The van der Waals surface area contributed by atoms with Crippen LogP contribution in [0.15, 0.2) is 53.5 Å². The molecule has 3 heterocycles. The molecule has 0 fully saturated rings. The summed E-state index contributed by atoms with van der Waals surface area (Å²) in [5.41, 5.74) is 1.85. The van der Waals surface area contributed by atoms with Crippen LogP contribution in [-0.2, 0) is 0 Å². The first kappa shape index (κ1) is 11.9. The quantitative estimate of drug-likeness (QED) is 0.719. The highest BCUT2D eigenvalue weighted by Gasteiger charge is 2.23. The number of pyridine rings is 1. The molecule has 0 saturated carbocycles. The zero-order chi connectivity index (χ0) is 14.1. The average Bonchev–Trinajstić information content (AvgIpc) is 3.09. The van der Waals surface area contributed by atoms with E-state index in [4.69, 9.17) is 14.0 Å². The second-order valence-corrected chi connectivity index (χ2v) is 4.60. The van der Waals surface area contributed by atoms with E-state index in [9.17, 15) is 0 Å². The molecule has 6 nitrogen and oxygen atoms in total. The molecule has 104 valence electrons. The summed E-state index contributed by atoms with van der Waals surface area (Å²) in [5, 5.41) is 3.84. The van der Waals surface area contributed by atoms with Crippen LogP contribution in [0.5, 0.6) is 11.6 Å². The highest BCUT2D eigenvalue weighted by Crippen LogP contribution is 2.34. The largest absolute Gasteiger partial charge is 0.484 e. The number of nitrogens with zero attached hydrogens (tertiary/aromatic N) is 3. The van der Waals surface area contributed by atoms with Crippen LogP contribution in [0.4, 0.5) is 0 Å². The van der Waals surface area contributed by atoms with Crippen LogP contribution < -0.4 is 9.47 Å². The van der Waals surface area contributed by atoms with Gasteiger partial charge in [0.05, 0.1) is 0 Å². The van der Waals surface area contributed by atoms with E-state index in [0.717, 1.165) is 11.1 Å². The van der Waals surface area contributed by atoms with Crippen LogP contribution in [0.3, 0.4) is 0 Å². The normalized spacial score (nSPS) is 16.7. The Morgan fingerprint density at radius 2 is 2.10 bits per heavy atom. The number of fused-ring (bicyclic) bond motifs is 1. The maximum Gasteiger partial charge on any atom is 0.257 e. The van der Waals surface area contributed by atoms with E-state index in [2.05, 4.69) is 15.1 Å². The summed E-state index contributed by atoms with van der Waals surface area (Å²) in [6.07, 6.45) is 2.78. The van der Waals surface area contributed by atoms with Gasteiger partial charge in [-0.1, -0.05) is 23.4 Å². The van der Waals surface area contributed by atoms with Crippen molar-refractivity contribution in [2.75, 3.05) is 6.61 Å². The minimum Gasteiger partial charge on any atom is -0.484 e. The second-order valence-electron chi connectivity index (χ2n) is 4.60. The summed E-state index contributed by atoms with van der Waals surface area (Å²) in [5.74, 6) is 1.73. The summed E-state index contributed by atoms with van der Waals surface area (Å²) in [6, 6.07) is 11.5. The Kier molecular flexibility index (Phi) is 2.77. The lowest BCUT2D eigenvalue weighted by Crippen LogP contribution is -2.22. The molecule has 0 saturated heterocycles. The summed E-state index contributed by atoms with van der Waals surface area (Å²) in [6.45, 7) is 0.439. The Morgan fingerprint density at radius 1 is 1.10 bits per heavy atom. The molecular formula is C15H11N3O3. The smallest absolute Gasteiger partial charge is 0.257 e. The maximum absolute atomic E-state index is 5.89. The molecule has 1 aliphatic heterocycles. The van der Waals surface area contributed by atoms with Gasteiger partial charge in [-0.05, 0) is 23.8 Å². The van der Waals surface area contributed by atoms with Crippen molar-refractivity contribution in [2.24, 2.45) is 0 Å². The number of ether oxygens (including phenoxy) is 2. The van der Waals surface area contributed by atoms with Crippen LogP contribution in [0.2, 0.25) is 0 Å². The molecule has 0 spiro atoms. The number of hydrogen-bond acceptors (Lipinski definition) is 6. The molecule has 0 amide bonds. The predicted molar refractivity (Wildman–Crippen MR) is 72.8 cm³/mol. The molecule has 2 aromatic heterocycles. The van der Waals surface area contributed by atoms with Gasteiger partial charge >= 0.3 is 0 Å². The molecule has 0 unspecified atom stereocenters. The molecule has 3 aromatic rings. The van der Waals surface area contributed by atoms with E-state index >= 15 is 0 Å². The Bertz CT molecular complexity index is 758. The van der Waals surface area contributed by atoms with Crippen LogP contribution in [0.25, 0.3) is 11.4 Å². The Labute approximate surface area is 120 Å². The van der Waals surface area contributed by atoms with Gasteiger partial charge in [0, 0.05) is 11.8 Å². The molecule has 1 atom stereocenters. The Balaban J connectivity index is 1.65.